The van der Waals surface area contributed by atoms with Crippen molar-refractivity contribution < 1.29 is 18.7 Å². The second kappa shape index (κ2) is 5.14. The number of nitrogens with zero attached hydrogens (tertiary/aromatic N) is 1. The van der Waals surface area contributed by atoms with Gasteiger partial charge in [-0.2, -0.15) is 0 Å². The minimum atomic E-state index is -1.16. The Bertz CT molecular complexity index is 752. The molecule has 0 bridgehead atoms. The van der Waals surface area contributed by atoms with Gasteiger partial charge in [0.1, 0.15) is 5.58 Å². The number of fused-ring (bicyclic) bond motifs is 1. The molecule has 1 aliphatic heterocycles. The molecule has 2 amide bonds. The maximum atomic E-state index is 12.7. The highest BCUT2D eigenvalue weighted by atomic mass is 16.5. The topological polar surface area (TPSA) is 85.8 Å². The number of furan rings is 1. The molecule has 2 N–H and O–H groups in total. The molecule has 0 spiro atoms. The number of carbonyl (C=O) groups is 2. The molecular weight excluding hydrogens is 284 g/mol. The summed E-state index contributed by atoms with van der Waals surface area (Å²) in [6.45, 7) is 4.24. The number of nitrogens with two attached hydrogens (primary N) is 1. The first kappa shape index (κ1) is 14.6. The van der Waals surface area contributed by atoms with Gasteiger partial charge in [-0.15, -0.1) is 0 Å². The number of para-hydroxylation sites is 1. The van der Waals surface area contributed by atoms with Crippen LogP contribution < -0.4 is 5.73 Å². The molecule has 1 aromatic carbocycles. The Morgan fingerprint density at radius 3 is 2.73 bits per heavy atom. The predicted molar refractivity (Wildman–Crippen MR) is 80.4 cm³/mol. The molecule has 0 radical (unpaired) electrons. The minimum Gasteiger partial charge on any atom is -0.451 e. The van der Waals surface area contributed by atoms with Gasteiger partial charge in [-0.1, -0.05) is 18.2 Å². The van der Waals surface area contributed by atoms with Crippen LogP contribution in [-0.4, -0.2) is 42.0 Å². The number of aryl methyl sites for hydroxylation is 1. The summed E-state index contributed by atoms with van der Waals surface area (Å²) in [5, 5.41) is 0.914. The van der Waals surface area contributed by atoms with Gasteiger partial charge in [0.25, 0.3) is 11.8 Å². The molecule has 2 aromatic rings. The summed E-state index contributed by atoms with van der Waals surface area (Å²) in [7, 11) is 0. The van der Waals surface area contributed by atoms with E-state index in [4.69, 9.17) is 14.9 Å². The molecule has 1 saturated heterocycles. The summed E-state index contributed by atoms with van der Waals surface area (Å²) >= 11 is 0. The lowest BCUT2D eigenvalue weighted by molar-refractivity contribution is -0.150. The molecule has 6 heteroatoms. The Labute approximate surface area is 127 Å². The number of amides is 2. The van der Waals surface area contributed by atoms with Crippen LogP contribution in [0.15, 0.2) is 28.7 Å². The monoisotopic (exact) mass is 302 g/mol. The van der Waals surface area contributed by atoms with E-state index in [9.17, 15) is 9.59 Å². The summed E-state index contributed by atoms with van der Waals surface area (Å²) in [6, 6.07) is 7.50. The highest BCUT2D eigenvalue weighted by Crippen LogP contribution is 2.27. The quantitative estimate of drug-likeness (QED) is 0.910. The van der Waals surface area contributed by atoms with Crippen molar-refractivity contribution in [1.82, 2.24) is 4.90 Å². The molecule has 1 aliphatic rings. The molecule has 0 unspecified atom stereocenters. The largest absolute Gasteiger partial charge is 0.451 e. The van der Waals surface area contributed by atoms with Gasteiger partial charge in [0.2, 0.25) is 0 Å². The van der Waals surface area contributed by atoms with Gasteiger partial charge in [-0.05, 0) is 19.9 Å². The zero-order valence-electron chi connectivity index (χ0n) is 12.6. The van der Waals surface area contributed by atoms with Gasteiger partial charge in [0.15, 0.2) is 11.4 Å². The number of rotatable bonds is 2. The van der Waals surface area contributed by atoms with Crippen LogP contribution in [0.25, 0.3) is 11.0 Å². The number of primary amides is 1. The van der Waals surface area contributed by atoms with Crippen molar-refractivity contribution in [2.75, 3.05) is 19.7 Å². The third-order valence-corrected chi connectivity index (χ3v) is 4.12. The van der Waals surface area contributed by atoms with Crippen molar-refractivity contribution in [3.8, 4) is 0 Å². The van der Waals surface area contributed by atoms with Crippen molar-refractivity contribution in [3.63, 3.8) is 0 Å². The molecular formula is C16H18N2O4. The summed E-state index contributed by atoms with van der Waals surface area (Å²) in [4.78, 5) is 25.8. The van der Waals surface area contributed by atoms with E-state index < -0.39 is 11.5 Å². The smallest absolute Gasteiger partial charge is 0.290 e. The molecule has 0 saturated carbocycles. The van der Waals surface area contributed by atoms with Gasteiger partial charge in [-0.3, -0.25) is 9.59 Å². The van der Waals surface area contributed by atoms with E-state index in [1.54, 1.807) is 11.8 Å². The van der Waals surface area contributed by atoms with Gasteiger partial charge in [0, 0.05) is 17.5 Å². The Morgan fingerprint density at radius 2 is 2.05 bits per heavy atom. The maximum absolute atomic E-state index is 12.7. The fraction of sp³-hybridized carbons (Fsp3) is 0.375. The Hall–Kier alpha value is -2.34. The van der Waals surface area contributed by atoms with Crippen LogP contribution in [0.4, 0.5) is 0 Å². The Morgan fingerprint density at radius 1 is 1.32 bits per heavy atom. The van der Waals surface area contributed by atoms with Gasteiger partial charge < -0.3 is 19.8 Å². The van der Waals surface area contributed by atoms with E-state index in [1.807, 2.05) is 31.2 Å². The fourth-order valence-electron chi connectivity index (χ4n) is 2.71. The molecule has 0 aliphatic carbocycles. The summed E-state index contributed by atoms with van der Waals surface area (Å²) < 4.78 is 11.1. The second-order valence-electron chi connectivity index (χ2n) is 5.72. The first-order valence-electron chi connectivity index (χ1n) is 7.13. The van der Waals surface area contributed by atoms with Crippen molar-refractivity contribution in [3.05, 3.63) is 35.6 Å². The zero-order valence-corrected chi connectivity index (χ0v) is 12.6. The van der Waals surface area contributed by atoms with Crippen LogP contribution in [-0.2, 0) is 9.53 Å². The van der Waals surface area contributed by atoms with Crippen LogP contribution in [0.2, 0.25) is 0 Å². The standard InChI is InChI=1S/C16H18N2O4/c1-10-11-5-3-4-6-12(11)22-13(10)14(19)18-7-8-21-16(2,9-18)15(17)20/h3-6H,7-9H2,1-2H3,(H2,17,20)/t16-/m0/s1. The summed E-state index contributed by atoms with van der Waals surface area (Å²) in [5.41, 5.74) is 5.68. The number of hydrogen-bond acceptors (Lipinski definition) is 4. The molecule has 6 nitrogen and oxygen atoms in total. The van der Waals surface area contributed by atoms with E-state index >= 15 is 0 Å². The van der Waals surface area contributed by atoms with Gasteiger partial charge in [-0.25, -0.2) is 0 Å². The van der Waals surface area contributed by atoms with E-state index in [1.165, 1.54) is 0 Å². The van der Waals surface area contributed by atoms with Crippen LogP contribution in [0.3, 0.4) is 0 Å². The van der Waals surface area contributed by atoms with E-state index in [0.717, 1.165) is 10.9 Å². The minimum absolute atomic E-state index is 0.123. The first-order chi connectivity index (χ1) is 10.4. The van der Waals surface area contributed by atoms with Crippen molar-refractivity contribution in [1.29, 1.82) is 0 Å². The average molecular weight is 302 g/mol. The van der Waals surface area contributed by atoms with Crippen molar-refractivity contribution in [2.45, 2.75) is 19.4 Å². The SMILES string of the molecule is Cc1c(C(=O)N2CCO[C@](C)(C(N)=O)C2)oc2ccccc12. The van der Waals surface area contributed by atoms with Crippen LogP contribution in [0, 0.1) is 6.92 Å². The lowest BCUT2D eigenvalue weighted by atomic mass is 10.0. The third-order valence-electron chi connectivity index (χ3n) is 4.12. The number of carbonyl (C=O) groups excluding carboxylic acids is 2. The Balaban J connectivity index is 1.92. The molecule has 116 valence electrons. The third kappa shape index (κ3) is 2.25. The summed E-state index contributed by atoms with van der Waals surface area (Å²) in [5.74, 6) is -0.522. The lowest BCUT2D eigenvalue weighted by Gasteiger charge is -2.37. The fourth-order valence-corrected chi connectivity index (χ4v) is 2.71. The van der Waals surface area contributed by atoms with Crippen molar-refractivity contribution >= 4 is 22.8 Å². The van der Waals surface area contributed by atoms with E-state index in [2.05, 4.69) is 0 Å². The number of morpholine rings is 1. The number of benzene rings is 1. The van der Waals surface area contributed by atoms with Crippen LogP contribution in [0.5, 0.6) is 0 Å². The molecule has 1 atom stereocenters. The second-order valence-corrected chi connectivity index (χ2v) is 5.72. The molecule has 2 heterocycles. The maximum Gasteiger partial charge on any atom is 0.290 e. The van der Waals surface area contributed by atoms with E-state index in [-0.39, 0.29) is 19.1 Å². The van der Waals surface area contributed by atoms with Gasteiger partial charge in [0.05, 0.1) is 13.2 Å². The zero-order chi connectivity index (χ0) is 15.9. The summed E-state index contributed by atoms with van der Waals surface area (Å²) in [6.07, 6.45) is 0. The van der Waals surface area contributed by atoms with Crippen LogP contribution >= 0.6 is 0 Å². The first-order valence-corrected chi connectivity index (χ1v) is 7.13. The Kier molecular flexibility index (Phi) is 3.41. The number of ether oxygens (including phenoxy) is 1. The van der Waals surface area contributed by atoms with Crippen molar-refractivity contribution in [2.24, 2.45) is 5.73 Å². The number of hydrogen-bond donors (Lipinski definition) is 1. The lowest BCUT2D eigenvalue weighted by Crippen LogP contribution is -2.58. The van der Waals surface area contributed by atoms with Gasteiger partial charge >= 0.3 is 0 Å². The highest BCUT2D eigenvalue weighted by molar-refractivity contribution is 5.99. The molecule has 22 heavy (non-hydrogen) atoms. The molecule has 1 aromatic heterocycles. The normalized spacial score (nSPS) is 22.0. The molecule has 1 fully saturated rings. The highest BCUT2D eigenvalue weighted by Gasteiger charge is 2.40. The van der Waals surface area contributed by atoms with E-state index in [0.29, 0.717) is 17.9 Å². The average Bonchev–Trinajstić information content (AvgIpc) is 2.84. The predicted octanol–water partition coefficient (Wildman–Crippen LogP) is 1.46. The molecule has 3 rings (SSSR count). The van der Waals surface area contributed by atoms with Crippen LogP contribution in [0.1, 0.15) is 23.0 Å².